The molecule has 1 saturated heterocycles. The molecule has 0 bridgehead atoms. The highest BCUT2D eigenvalue weighted by atomic mass is 32.2. The number of H-pyrrole nitrogens is 1. The van der Waals surface area contributed by atoms with Gasteiger partial charge in [-0.3, -0.25) is 9.78 Å². The van der Waals surface area contributed by atoms with Crippen LogP contribution in [0.2, 0.25) is 0 Å². The molecule has 1 amide bonds. The van der Waals surface area contributed by atoms with Gasteiger partial charge in [0.05, 0.1) is 17.2 Å². The molecule has 1 fully saturated rings. The number of likely N-dealkylation sites (tertiary alicyclic amines) is 1. The van der Waals surface area contributed by atoms with Gasteiger partial charge in [-0.1, -0.05) is 30.8 Å². The Hall–Kier alpha value is -2.34. The third kappa shape index (κ3) is 3.75. The first-order valence-electron chi connectivity index (χ1n) is 9.00. The molecule has 0 saturated carbocycles. The Kier molecular flexibility index (Phi) is 4.93. The molecule has 0 spiro atoms. The molecule has 2 aromatic heterocycles. The van der Waals surface area contributed by atoms with Crippen LogP contribution in [0.5, 0.6) is 0 Å². The molecule has 6 heteroatoms. The Labute approximate surface area is 157 Å². The molecule has 3 aromatic rings. The summed E-state index contributed by atoms with van der Waals surface area (Å²) in [6, 6.07) is 9.86. The van der Waals surface area contributed by atoms with E-state index in [9.17, 15) is 4.79 Å². The van der Waals surface area contributed by atoms with Crippen molar-refractivity contribution < 1.29 is 4.79 Å². The number of hydrogen-bond acceptors (Lipinski definition) is 4. The van der Waals surface area contributed by atoms with Crippen LogP contribution in [0.15, 0.2) is 47.9 Å². The number of nitrogens with zero attached hydrogens (tertiary/aromatic N) is 3. The van der Waals surface area contributed by atoms with Gasteiger partial charge in [-0.2, -0.15) is 0 Å². The molecule has 4 rings (SSSR count). The second-order valence-corrected chi connectivity index (χ2v) is 7.86. The predicted octanol–water partition coefficient (Wildman–Crippen LogP) is 4.12. The summed E-state index contributed by atoms with van der Waals surface area (Å²) in [5.41, 5.74) is 3.84. The zero-order chi connectivity index (χ0) is 17.9. The van der Waals surface area contributed by atoms with Crippen LogP contribution in [0.3, 0.4) is 0 Å². The monoisotopic (exact) mass is 366 g/mol. The van der Waals surface area contributed by atoms with E-state index in [2.05, 4.69) is 21.9 Å². The normalized spacial score (nSPS) is 15.5. The van der Waals surface area contributed by atoms with Crippen molar-refractivity contribution in [1.82, 2.24) is 19.9 Å². The van der Waals surface area contributed by atoms with Crippen molar-refractivity contribution in [3.8, 4) is 0 Å². The topological polar surface area (TPSA) is 61.9 Å². The number of aromatic amines is 1. The molecule has 0 atom stereocenters. The van der Waals surface area contributed by atoms with Crippen molar-refractivity contribution in [3.63, 3.8) is 0 Å². The van der Waals surface area contributed by atoms with E-state index in [0.29, 0.717) is 0 Å². The van der Waals surface area contributed by atoms with E-state index in [1.807, 2.05) is 35.2 Å². The van der Waals surface area contributed by atoms with E-state index in [0.717, 1.165) is 59.4 Å². The third-order valence-electron chi connectivity index (χ3n) is 4.91. The van der Waals surface area contributed by atoms with Gasteiger partial charge in [0, 0.05) is 30.6 Å². The second-order valence-electron chi connectivity index (χ2n) is 6.90. The summed E-state index contributed by atoms with van der Waals surface area (Å²) in [6.45, 7) is 4.00. The fraction of sp³-hybridized carbons (Fsp3) is 0.350. The molecular formula is C20H22N4OS. The Morgan fingerprint density at radius 2 is 2.00 bits per heavy atom. The number of carbonyl (C=O) groups excluding carboxylic acids is 1. The first kappa shape index (κ1) is 17.1. The molecule has 1 N–H and O–H groups in total. The number of benzene rings is 1. The van der Waals surface area contributed by atoms with Crippen LogP contribution in [0.25, 0.3) is 11.0 Å². The molecule has 26 heavy (non-hydrogen) atoms. The lowest BCUT2D eigenvalue weighted by molar-refractivity contribution is 0.0697. The lowest BCUT2D eigenvalue weighted by Crippen LogP contribution is -2.37. The summed E-state index contributed by atoms with van der Waals surface area (Å²) in [5, 5.41) is 0.885. The van der Waals surface area contributed by atoms with E-state index in [4.69, 9.17) is 0 Å². The minimum Gasteiger partial charge on any atom is -0.339 e. The molecular weight excluding hydrogens is 344 g/mol. The largest absolute Gasteiger partial charge is 0.339 e. The standard InChI is InChI=1S/C20H22N4OS/c1-14-7-10-24(11-8-14)19(25)16-4-2-15(3-5-16)13-26-20-22-17-6-9-21-12-18(17)23-20/h2-6,9,12,14H,7-8,10-11,13H2,1H3,(H,22,23). The molecule has 134 valence electrons. The van der Waals surface area contributed by atoms with E-state index in [-0.39, 0.29) is 5.91 Å². The average Bonchev–Trinajstić information content (AvgIpc) is 3.10. The number of rotatable bonds is 4. The van der Waals surface area contributed by atoms with Crippen molar-refractivity contribution in [2.75, 3.05) is 13.1 Å². The summed E-state index contributed by atoms with van der Waals surface area (Å²) in [6.07, 6.45) is 5.74. The van der Waals surface area contributed by atoms with Gasteiger partial charge in [0.2, 0.25) is 0 Å². The maximum Gasteiger partial charge on any atom is 0.253 e. The Bertz CT molecular complexity index is 865. The van der Waals surface area contributed by atoms with Gasteiger partial charge in [-0.05, 0) is 42.5 Å². The summed E-state index contributed by atoms with van der Waals surface area (Å²) in [7, 11) is 0. The molecule has 0 radical (unpaired) electrons. The van der Waals surface area contributed by atoms with Crippen molar-refractivity contribution in [3.05, 3.63) is 53.9 Å². The maximum absolute atomic E-state index is 12.6. The zero-order valence-electron chi connectivity index (χ0n) is 14.8. The number of aromatic nitrogens is 3. The number of hydrogen-bond donors (Lipinski definition) is 1. The van der Waals surface area contributed by atoms with E-state index in [1.165, 1.54) is 5.56 Å². The van der Waals surface area contributed by atoms with Crippen molar-refractivity contribution in [2.24, 2.45) is 5.92 Å². The van der Waals surface area contributed by atoms with Gasteiger partial charge in [0.1, 0.15) is 0 Å². The van der Waals surface area contributed by atoms with Crippen molar-refractivity contribution in [1.29, 1.82) is 0 Å². The Morgan fingerprint density at radius 3 is 2.73 bits per heavy atom. The lowest BCUT2D eigenvalue weighted by atomic mass is 9.98. The van der Waals surface area contributed by atoms with Crippen LogP contribution < -0.4 is 0 Å². The van der Waals surface area contributed by atoms with Gasteiger partial charge in [-0.25, -0.2) is 4.98 Å². The number of pyridine rings is 1. The zero-order valence-corrected chi connectivity index (χ0v) is 15.6. The molecule has 0 unspecified atom stereocenters. The van der Waals surface area contributed by atoms with E-state index < -0.39 is 0 Å². The van der Waals surface area contributed by atoms with E-state index >= 15 is 0 Å². The Morgan fingerprint density at radius 1 is 1.23 bits per heavy atom. The van der Waals surface area contributed by atoms with Gasteiger partial charge in [-0.15, -0.1) is 0 Å². The van der Waals surface area contributed by atoms with Gasteiger partial charge in [0.15, 0.2) is 5.16 Å². The number of amides is 1. The smallest absolute Gasteiger partial charge is 0.253 e. The number of carbonyl (C=O) groups is 1. The number of nitrogens with one attached hydrogen (secondary N) is 1. The van der Waals surface area contributed by atoms with Crippen LogP contribution in [-0.2, 0) is 5.75 Å². The number of fused-ring (bicyclic) bond motifs is 1. The highest BCUT2D eigenvalue weighted by molar-refractivity contribution is 7.98. The fourth-order valence-electron chi connectivity index (χ4n) is 3.19. The van der Waals surface area contributed by atoms with Crippen molar-refractivity contribution >= 4 is 28.7 Å². The van der Waals surface area contributed by atoms with Crippen LogP contribution in [0.4, 0.5) is 0 Å². The minimum absolute atomic E-state index is 0.154. The van der Waals surface area contributed by atoms with E-state index in [1.54, 1.807) is 24.2 Å². The fourth-order valence-corrected chi connectivity index (χ4v) is 4.03. The highest BCUT2D eigenvalue weighted by Crippen LogP contribution is 2.23. The molecule has 1 aliphatic rings. The quantitative estimate of drug-likeness (QED) is 0.706. The number of piperidine rings is 1. The van der Waals surface area contributed by atoms with Crippen molar-refractivity contribution in [2.45, 2.75) is 30.7 Å². The van der Waals surface area contributed by atoms with Gasteiger partial charge in [0.25, 0.3) is 5.91 Å². The summed E-state index contributed by atoms with van der Waals surface area (Å²) in [5.74, 6) is 1.69. The van der Waals surface area contributed by atoms with Crippen LogP contribution in [-0.4, -0.2) is 38.8 Å². The number of thioether (sulfide) groups is 1. The third-order valence-corrected chi connectivity index (χ3v) is 5.85. The lowest BCUT2D eigenvalue weighted by Gasteiger charge is -2.30. The first-order chi connectivity index (χ1) is 12.7. The minimum atomic E-state index is 0.154. The van der Waals surface area contributed by atoms with Crippen LogP contribution in [0.1, 0.15) is 35.7 Å². The van der Waals surface area contributed by atoms with Gasteiger partial charge >= 0.3 is 0 Å². The second kappa shape index (κ2) is 7.50. The van der Waals surface area contributed by atoms with Gasteiger partial charge < -0.3 is 9.88 Å². The highest BCUT2D eigenvalue weighted by Gasteiger charge is 2.21. The summed E-state index contributed by atoms with van der Waals surface area (Å²) in [4.78, 5) is 26.5. The molecule has 5 nitrogen and oxygen atoms in total. The molecule has 1 aromatic carbocycles. The predicted molar refractivity (Wildman–Crippen MR) is 104 cm³/mol. The molecule has 0 aliphatic carbocycles. The summed E-state index contributed by atoms with van der Waals surface area (Å²) < 4.78 is 0. The number of imidazole rings is 1. The molecule has 3 heterocycles. The maximum atomic E-state index is 12.6. The summed E-state index contributed by atoms with van der Waals surface area (Å²) >= 11 is 1.65. The average molecular weight is 366 g/mol. The van der Waals surface area contributed by atoms with Crippen LogP contribution >= 0.6 is 11.8 Å². The first-order valence-corrected chi connectivity index (χ1v) is 9.98. The SMILES string of the molecule is CC1CCN(C(=O)c2ccc(CSc3nc4ccncc4[nH]3)cc2)CC1. The van der Waals surface area contributed by atoms with Crippen LogP contribution in [0, 0.1) is 5.92 Å². The molecule has 1 aliphatic heterocycles. The Balaban J connectivity index is 1.37.